The molecule has 0 bridgehead atoms. The molecule has 9 heteroatoms. The Morgan fingerprint density at radius 1 is 1.41 bits per heavy atom. The molecule has 2 aromatic rings. The lowest BCUT2D eigenvalue weighted by Gasteiger charge is -2.21. The number of carbonyl (C=O) groups is 2. The zero-order valence-electron chi connectivity index (χ0n) is 17.8. The number of β-amino-alcohol motifs (C(OH)–C–C–N with tert-alkyl or cyclic N) is 1. The molecule has 4 heterocycles. The maximum absolute atomic E-state index is 12.8. The minimum Gasteiger partial charge on any atom is -0.456 e. The lowest BCUT2D eigenvalue weighted by molar-refractivity contribution is -0.117. The van der Waals surface area contributed by atoms with Crippen molar-refractivity contribution in [3.05, 3.63) is 58.5 Å². The Morgan fingerprint density at radius 3 is 3.00 bits per heavy atom. The molecule has 0 aromatic carbocycles. The third-order valence-electron chi connectivity index (χ3n) is 6.06. The summed E-state index contributed by atoms with van der Waals surface area (Å²) < 4.78 is 6.99. The number of pyridine rings is 1. The minimum absolute atomic E-state index is 0.0402. The molecule has 166 valence electrons. The average molecular weight is 453 g/mol. The van der Waals surface area contributed by atoms with Crippen molar-refractivity contribution in [2.75, 3.05) is 20.1 Å². The fourth-order valence-electron chi connectivity index (χ4n) is 4.47. The van der Waals surface area contributed by atoms with E-state index in [0.717, 1.165) is 16.0 Å². The van der Waals surface area contributed by atoms with Crippen molar-refractivity contribution in [1.29, 1.82) is 0 Å². The molecule has 0 saturated carbocycles. The largest absolute Gasteiger partial charge is 0.456 e. The number of likely N-dealkylation sites (N-methyl/N-ethyl adjacent to an activating group) is 1. The molecule has 8 nitrogen and oxygen atoms in total. The topological polar surface area (TPSA) is 104 Å². The van der Waals surface area contributed by atoms with Crippen molar-refractivity contribution in [2.24, 2.45) is 5.92 Å². The molecule has 1 fully saturated rings. The van der Waals surface area contributed by atoms with E-state index in [2.05, 4.69) is 15.6 Å². The summed E-state index contributed by atoms with van der Waals surface area (Å²) >= 11 is 1.35. The van der Waals surface area contributed by atoms with Gasteiger partial charge in [0, 0.05) is 49.6 Å². The van der Waals surface area contributed by atoms with Crippen LogP contribution in [0.4, 0.5) is 0 Å². The van der Waals surface area contributed by atoms with Gasteiger partial charge in [-0.2, -0.15) is 0 Å². The van der Waals surface area contributed by atoms with Gasteiger partial charge in [-0.25, -0.2) is 0 Å². The Bertz CT molecular complexity index is 1200. The molecule has 2 aromatic heterocycles. The van der Waals surface area contributed by atoms with Crippen LogP contribution >= 0.6 is 11.3 Å². The molecule has 0 radical (unpaired) electrons. The number of nitrogens with one attached hydrogen (secondary N) is 2. The molecule has 2 aliphatic heterocycles. The number of aromatic nitrogens is 1. The number of hydrogen-bond donors (Lipinski definition) is 3. The fourth-order valence-corrected chi connectivity index (χ4v) is 5.51. The monoisotopic (exact) mass is 452 g/mol. The molecule has 1 aliphatic carbocycles. The molecule has 32 heavy (non-hydrogen) atoms. The molecular weight excluding hydrogens is 428 g/mol. The van der Waals surface area contributed by atoms with Gasteiger partial charge in [-0.15, -0.1) is 11.3 Å². The van der Waals surface area contributed by atoms with Crippen LogP contribution in [0.15, 0.2) is 53.6 Å². The van der Waals surface area contributed by atoms with Crippen molar-refractivity contribution < 1.29 is 19.4 Å². The first-order valence-electron chi connectivity index (χ1n) is 10.6. The summed E-state index contributed by atoms with van der Waals surface area (Å²) in [5.41, 5.74) is 2.30. The number of ether oxygens (including phenoxy) is 1. The molecule has 2 amide bonds. The molecule has 3 N–H and O–H groups in total. The van der Waals surface area contributed by atoms with Gasteiger partial charge in [0.25, 0.3) is 5.91 Å². The smallest absolute Gasteiger partial charge is 0.264 e. The Morgan fingerprint density at radius 2 is 2.25 bits per heavy atom. The zero-order chi connectivity index (χ0) is 22.4. The Kier molecular flexibility index (Phi) is 5.22. The Hall–Kier alpha value is -3.17. The number of nitrogens with zero attached hydrogens (tertiary/aromatic N) is 2. The second-order valence-electron chi connectivity index (χ2n) is 8.17. The molecule has 0 spiro atoms. The predicted molar refractivity (Wildman–Crippen MR) is 121 cm³/mol. The number of thiophene rings is 1. The van der Waals surface area contributed by atoms with Crippen molar-refractivity contribution in [3.8, 4) is 5.75 Å². The summed E-state index contributed by atoms with van der Waals surface area (Å²) in [6.45, 7) is 2.83. The minimum atomic E-state index is -0.453. The summed E-state index contributed by atoms with van der Waals surface area (Å²) in [4.78, 5) is 31.7. The number of amides is 2. The van der Waals surface area contributed by atoms with Gasteiger partial charge in [0.15, 0.2) is 0 Å². The molecule has 2 unspecified atom stereocenters. The van der Waals surface area contributed by atoms with Crippen LogP contribution in [0, 0.1) is 5.92 Å². The lowest BCUT2D eigenvalue weighted by atomic mass is 9.90. The van der Waals surface area contributed by atoms with Gasteiger partial charge in [-0.1, -0.05) is 6.08 Å². The zero-order valence-corrected chi connectivity index (χ0v) is 18.6. The molecule has 1 saturated heterocycles. The summed E-state index contributed by atoms with van der Waals surface area (Å²) in [7, 11) is 1.63. The van der Waals surface area contributed by atoms with Gasteiger partial charge in [-0.3, -0.25) is 14.6 Å². The lowest BCUT2D eigenvalue weighted by Crippen LogP contribution is -2.30. The molecule has 3 atom stereocenters. The fraction of sp³-hybridized carbons (Fsp3) is 0.348. The first-order chi connectivity index (χ1) is 15.4. The van der Waals surface area contributed by atoms with E-state index >= 15 is 0 Å². The van der Waals surface area contributed by atoms with Gasteiger partial charge in [0.05, 0.1) is 27.2 Å². The van der Waals surface area contributed by atoms with Gasteiger partial charge in [0.2, 0.25) is 5.91 Å². The van der Waals surface area contributed by atoms with Gasteiger partial charge >= 0.3 is 0 Å². The SMILES string of the molecule is CNC(=O)C1=C(C)NC2C=C(Oc3ccnc4cc(C(=O)N5CC[C@@H](O)C5)sc34)C=CC12. The maximum Gasteiger partial charge on any atom is 0.264 e. The highest BCUT2D eigenvalue weighted by Gasteiger charge is 2.35. The van der Waals surface area contributed by atoms with Gasteiger partial charge in [-0.05, 0) is 31.6 Å². The normalized spacial score (nSPS) is 24.4. The van der Waals surface area contributed by atoms with Crippen molar-refractivity contribution in [2.45, 2.75) is 25.5 Å². The van der Waals surface area contributed by atoms with E-state index in [-0.39, 0.29) is 23.8 Å². The third-order valence-corrected chi connectivity index (χ3v) is 7.18. The Balaban J connectivity index is 1.37. The van der Waals surface area contributed by atoms with Gasteiger partial charge < -0.3 is 25.4 Å². The number of rotatable bonds is 4. The highest BCUT2D eigenvalue weighted by molar-refractivity contribution is 7.21. The number of hydrogen-bond acceptors (Lipinski definition) is 7. The number of aliphatic hydroxyl groups is 1. The number of aliphatic hydroxyl groups excluding tert-OH is 1. The highest BCUT2D eigenvalue weighted by atomic mass is 32.1. The Labute approximate surface area is 189 Å². The molecule has 5 rings (SSSR count). The number of allylic oxidation sites excluding steroid dienone is 2. The van der Waals surface area contributed by atoms with E-state index in [1.807, 2.05) is 25.2 Å². The van der Waals surface area contributed by atoms with E-state index in [0.29, 0.717) is 41.4 Å². The first-order valence-corrected chi connectivity index (χ1v) is 11.4. The van der Waals surface area contributed by atoms with Crippen LogP contribution in [0.5, 0.6) is 5.75 Å². The highest BCUT2D eigenvalue weighted by Crippen LogP contribution is 2.36. The van der Waals surface area contributed by atoms with Crippen LogP contribution in [-0.4, -0.2) is 59.1 Å². The molecular formula is C23H24N4O4S. The summed E-state index contributed by atoms with van der Waals surface area (Å²) in [5, 5.41) is 15.8. The average Bonchev–Trinajstić information content (AvgIpc) is 3.49. The van der Waals surface area contributed by atoms with E-state index in [9.17, 15) is 14.7 Å². The van der Waals surface area contributed by atoms with Crippen LogP contribution in [0.2, 0.25) is 0 Å². The van der Waals surface area contributed by atoms with Crippen molar-refractivity contribution in [3.63, 3.8) is 0 Å². The second-order valence-corrected chi connectivity index (χ2v) is 9.22. The second kappa shape index (κ2) is 8.07. The van der Waals surface area contributed by atoms with Gasteiger partial charge in [0.1, 0.15) is 11.5 Å². The number of carbonyl (C=O) groups excluding carboxylic acids is 2. The predicted octanol–water partition coefficient (Wildman–Crippen LogP) is 1.94. The van der Waals surface area contributed by atoms with E-state index in [1.165, 1.54) is 11.3 Å². The summed E-state index contributed by atoms with van der Waals surface area (Å²) in [5.74, 6) is 1.09. The van der Waals surface area contributed by atoms with Crippen molar-refractivity contribution >= 4 is 33.4 Å². The summed E-state index contributed by atoms with van der Waals surface area (Å²) in [6, 6.07) is 3.51. The summed E-state index contributed by atoms with van der Waals surface area (Å²) in [6.07, 6.45) is 7.65. The number of fused-ring (bicyclic) bond motifs is 2. The van der Waals surface area contributed by atoms with Crippen LogP contribution in [0.1, 0.15) is 23.0 Å². The standard InChI is InChI=1S/C23H24N4O4S/c1-12-20(22(29)24-2)15-4-3-14(9-16(15)26-12)31-18-5-7-25-17-10-19(32-21(17)18)23(30)27-8-6-13(28)11-27/h3-5,7,9-10,13,15-16,26,28H,6,8,11H2,1-2H3,(H,24,29)/t13-,15?,16?/m1/s1. The van der Waals surface area contributed by atoms with E-state index in [4.69, 9.17) is 4.74 Å². The van der Waals surface area contributed by atoms with E-state index in [1.54, 1.807) is 30.3 Å². The van der Waals surface area contributed by atoms with E-state index < -0.39 is 6.10 Å². The third kappa shape index (κ3) is 3.57. The van der Waals surface area contributed by atoms with Crippen LogP contribution in [0.25, 0.3) is 10.2 Å². The maximum atomic E-state index is 12.8. The molecule has 3 aliphatic rings. The van der Waals surface area contributed by atoms with Crippen LogP contribution in [-0.2, 0) is 4.79 Å². The van der Waals surface area contributed by atoms with Crippen LogP contribution in [0.3, 0.4) is 0 Å². The quantitative estimate of drug-likeness (QED) is 0.655. The van der Waals surface area contributed by atoms with Crippen LogP contribution < -0.4 is 15.4 Å². The number of likely N-dealkylation sites (tertiary alicyclic amines) is 1. The van der Waals surface area contributed by atoms with Crippen molar-refractivity contribution in [1.82, 2.24) is 20.5 Å². The first kappa shape index (κ1) is 20.7.